The van der Waals surface area contributed by atoms with Crippen LogP contribution in [0.15, 0.2) is 47.8 Å². The van der Waals surface area contributed by atoms with Crippen LogP contribution in [-0.2, 0) is 9.53 Å². The SMILES string of the molecule is CSc1nc(C(=O)OCC(=O)Nc2ccc3c(c2)C(=O)N(C)C3=O)c2ccccn12. The fourth-order valence-electron chi connectivity index (χ4n) is 3.14. The molecule has 3 aromatic rings. The number of imidazole rings is 1. The van der Waals surface area contributed by atoms with Crippen LogP contribution in [0.3, 0.4) is 0 Å². The van der Waals surface area contributed by atoms with Gasteiger partial charge in [0, 0.05) is 18.9 Å². The Morgan fingerprint density at radius 3 is 2.67 bits per heavy atom. The van der Waals surface area contributed by atoms with E-state index in [0.717, 1.165) is 4.90 Å². The van der Waals surface area contributed by atoms with Gasteiger partial charge in [-0.1, -0.05) is 17.8 Å². The Labute approximate surface area is 175 Å². The summed E-state index contributed by atoms with van der Waals surface area (Å²) in [6, 6.07) is 9.75. The van der Waals surface area contributed by atoms with Crippen molar-refractivity contribution < 1.29 is 23.9 Å². The van der Waals surface area contributed by atoms with E-state index in [9.17, 15) is 19.2 Å². The molecule has 0 fully saturated rings. The molecule has 0 spiro atoms. The first-order valence-electron chi connectivity index (χ1n) is 8.85. The van der Waals surface area contributed by atoms with E-state index in [4.69, 9.17) is 4.74 Å². The zero-order valence-electron chi connectivity index (χ0n) is 16.0. The number of pyridine rings is 1. The first-order valence-corrected chi connectivity index (χ1v) is 10.1. The lowest BCUT2D eigenvalue weighted by Gasteiger charge is -2.07. The van der Waals surface area contributed by atoms with Crippen LogP contribution >= 0.6 is 11.8 Å². The number of rotatable bonds is 5. The van der Waals surface area contributed by atoms with Gasteiger partial charge in [-0.25, -0.2) is 9.78 Å². The van der Waals surface area contributed by atoms with Crippen LogP contribution in [0.5, 0.6) is 0 Å². The van der Waals surface area contributed by atoms with Crippen molar-refractivity contribution in [2.24, 2.45) is 0 Å². The standard InChI is InChI=1S/C20H16N4O5S/c1-23-17(26)12-7-6-11(9-13(12)18(23)27)21-15(25)10-29-19(28)16-14-5-3-4-8-24(14)20(22-16)30-2/h3-9H,10H2,1-2H3,(H,21,25). The van der Waals surface area contributed by atoms with Crippen LogP contribution in [0.4, 0.5) is 5.69 Å². The van der Waals surface area contributed by atoms with Crippen molar-refractivity contribution in [3.8, 4) is 0 Å². The lowest BCUT2D eigenvalue weighted by atomic mass is 10.1. The molecule has 0 bridgehead atoms. The predicted octanol–water partition coefficient (Wildman–Crippen LogP) is 2.08. The molecule has 9 nitrogen and oxygen atoms in total. The van der Waals surface area contributed by atoms with Gasteiger partial charge in [0.25, 0.3) is 17.7 Å². The minimum Gasteiger partial charge on any atom is -0.451 e. The van der Waals surface area contributed by atoms with Crippen molar-refractivity contribution in [1.29, 1.82) is 0 Å². The second-order valence-corrected chi connectivity index (χ2v) is 7.23. The molecule has 2 aromatic heterocycles. The van der Waals surface area contributed by atoms with Crippen molar-refractivity contribution in [3.05, 3.63) is 59.4 Å². The monoisotopic (exact) mass is 424 g/mol. The van der Waals surface area contributed by atoms with Gasteiger partial charge >= 0.3 is 5.97 Å². The maximum atomic E-state index is 12.4. The number of benzene rings is 1. The molecule has 4 rings (SSSR count). The zero-order chi connectivity index (χ0) is 21.4. The number of esters is 1. The number of hydrogen-bond donors (Lipinski definition) is 1. The van der Waals surface area contributed by atoms with Crippen LogP contribution < -0.4 is 5.32 Å². The molecule has 1 aliphatic heterocycles. The molecule has 1 aliphatic rings. The first kappa shape index (κ1) is 19.6. The van der Waals surface area contributed by atoms with Crippen molar-refractivity contribution in [3.63, 3.8) is 0 Å². The Morgan fingerprint density at radius 1 is 1.13 bits per heavy atom. The van der Waals surface area contributed by atoms with Gasteiger partial charge in [-0.2, -0.15) is 0 Å². The Hall–Kier alpha value is -3.66. The van der Waals surface area contributed by atoms with Crippen molar-refractivity contribution in [2.45, 2.75) is 5.16 Å². The Bertz CT molecular complexity index is 1220. The van der Waals surface area contributed by atoms with Gasteiger partial charge in [0.15, 0.2) is 17.5 Å². The Morgan fingerprint density at radius 2 is 1.90 bits per heavy atom. The summed E-state index contributed by atoms with van der Waals surface area (Å²) < 4.78 is 6.88. The van der Waals surface area contributed by atoms with E-state index >= 15 is 0 Å². The third-order valence-electron chi connectivity index (χ3n) is 4.60. The highest BCUT2D eigenvalue weighted by Gasteiger charge is 2.32. The summed E-state index contributed by atoms with van der Waals surface area (Å²) in [6.07, 6.45) is 3.63. The highest BCUT2D eigenvalue weighted by atomic mass is 32.2. The molecular formula is C20H16N4O5S. The number of imide groups is 1. The van der Waals surface area contributed by atoms with E-state index in [1.54, 1.807) is 22.7 Å². The fraction of sp³-hybridized carbons (Fsp3) is 0.150. The third-order valence-corrected chi connectivity index (χ3v) is 5.25. The van der Waals surface area contributed by atoms with Gasteiger partial charge in [0.1, 0.15) is 0 Å². The average molecular weight is 424 g/mol. The molecule has 1 aromatic carbocycles. The smallest absolute Gasteiger partial charge is 0.359 e. The number of carbonyl (C=O) groups excluding carboxylic acids is 4. The van der Waals surface area contributed by atoms with Crippen LogP contribution in [0, 0.1) is 0 Å². The third kappa shape index (κ3) is 3.30. The normalized spacial score (nSPS) is 12.9. The molecular weight excluding hydrogens is 408 g/mol. The molecule has 30 heavy (non-hydrogen) atoms. The number of nitrogens with one attached hydrogen (secondary N) is 1. The lowest BCUT2D eigenvalue weighted by Crippen LogP contribution is -2.24. The highest BCUT2D eigenvalue weighted by molar-refractivity contribution is 7.98. The Balaban J connectivity index is 1.43. The summed E-state index contributed by atoms with van der Waals surface area (Å²) in [6.45, 7) is -0.525. The molecule has 3 heterocycles. The summed E-state index contributed by atoms with van der Waals surface area (Å²) in [5.41, 5.74) is 1.52. The fourth-order valence-corrected chi connectivity index (χ4v) is 3.68. The zero-order valence-corrected chi connectivity index (χ0v) is 16.9. The number of hydrogen-bond acceptors (Lipinski definition) is 7. The Kier molecular flexibility index (Phi) is 5.00. The molecule has 0 saturated heterocycles. The summed E-state index contributed by atoms with van der Waals surface area (Å²) in [5, 5.41) is 3.18. The molecule has 0 unspecified atom stereocenters. The molecule has 152 valence electrons. The van der Waals surface area contributed by atoms with Crippen LogP contribution in [0.25, 0.3) is 5.52 Å². The van der Waals surface area contributed by atoms with E-state index in [1.165, 1.54) is 37.0 Å². The number of carbonyl (C=O) groups is 4. The number of amides is 3. The van der Waals surface area contributed by atoms with Crippen LogP contribution in [-0.4, -0.2) is 57.9 Å². The average Bonchev–Trinajstić information content (AvgIpc) is 3.23. The quantitative estimate of drug-likeness (QED) is 0.379. The highest BCUT2D eigenvalue weighted by Crippen LogP contribution is 2.25. The largest absolute Gasteiger partial charge is 0.451 e. The molecule has 0 radical (unpaired) electrons. The second kappa shape index (κ2) is 7.64. The van der Waals surface area contributed by atoms with Gasteiger partial charge in [0.2, 0.25) is 0 Å². The van der Waals surface area contributed by atoms with Crippen LogP contribution in [0.2, 0.25) is 0 Å². The molecule has 0 atom stereocenters. The lowest BCUT2D eigenvalue weighted by molar-refractivity contribution is -0.119. The van der Waals surface area contributed by atoms with E-state index in [0.29, 0.717) is 16.4 Å². The number of ether oxygens (including phenoxy) is 1. The van der Waals surface area contributed by atoms with Gasteiger partial charge in [-0.3, -0.25) is 23.7 Å². The van der Waals surface area contributed by atoms with Crippen molar-refractivity contribution >= 4 is 46.7 Å². The summed E-state index contributed by atoms with van der Waals surface area (Å²) >= 11 is 1.38. The summed E-state index contributed by atoms with van der Waals surface area (Å²) in [5.74, 6) is -2.12. The van der Waals surface area contributed by atoms with E-state index < -0.39 is 30.3 Å². The topological polar surface area (TPSA) is 110 Å². The minimum absolute atomic E-state index is 0.123. The molecule has 0 aliphatic carbocycles. The molecule has 0 saturated carbocycles. The van der Waals surface area contributed by atoms with E-state index in [-0.39, 0.29) is 16.8 Å². The van der Waals surface area contributed by atoms with E-state index in [1.807, 2.05) is 12.3 Å². The second-order valence-electron chi connectivity index (χ2n) is 6.46. The summed E-state index contributed by atoms with van der Waals surface area (Å²) in [7, 11) is 1.39. The van der Waals surface area contributed by atoms with Crippen molar-refractivity contribution in [2.75, 3.05) is 25.2 Å². The number of nitrogens with zero attached hydrogens (tertiary/aromatic N) is 3. The maximum Gasteiger partial charge on any atom is 0.359 e. The molecule has 10 heteroatoms. The number of anilines is 1. The predicted molar refractivity (Wildman–Crippen MR) is 109 cm³/mol. The van der Waals surface area contributed by atoms with Crippen LogP contribution in [0.1, 0.15) is 31.2 Å². The maximum absolute atomic E-state index is 12.4. The summed E-state index contributed by atoms with van der Waals surface area (Å²) in [4.78, 5) is 53.9. The van der Waals surface area contributed by atoms with Gasteiger partial charge < -0.3 is 10.1 Å². The number of fused-ring (bicyclic) bond motifs is 2. The number of thioether (sulfide) groups is 1. The molecule has 3 amide bonds. The van der Waals surface area contributed by atoms with Crippen molar-refractivity contribution in [1.82, 2.24) is 14.3 Å². The van der Waals surface area contributed by atoms with Gasteiger partial charge in [-0.15, -0.1) is 0 Å². The van der Waals surface area contributed by atoms with Gasteiger partial charge in [0.05, 0.1) is 16.6 Å². The van der Waals surface area contributed by atoms with Gasteiger partial charge in [-0.05, 0) is 36.6 Å². The number of aromatic nitrogens is 2. The minimum atomic E-state index is -0.717. The first-order chi connectivity index (χ1) is 14.4. The molecule has 1 N–H and O–H groups in total. The van der Waals surface area contributed by atoms with E-state index in [2.05, 4.69) is 10.3 Å².